The number of carbonyl (C=O) groups excluding carboxylic acids is 1. The topological polar surface area (TPSA) is 102 Å². The van der Waals surface area contributed by atoms with Gasteiger partial charge in [0.25, 0.3) is 0 Å². The number of carboxylic acid groups (broad SMARTS) is 1. The summed E-state index contributed by atoms with van der Waals surface area (Å²) >= 11 is 5.85. The highest BCUT2D eigenvalue weighted by Crippen LogP contribution is 2.22. The maximum atomic E-state index is 11.6. The summed E-state index contributed by atoms with van der Waals surface area (Å²) in [6, 6.07) is 12.0. The number of aromatic carboxylic acids is 1. The van der Waals surface area contributed by atoms with Gasteiger partial charge in [-0.15, -0.1) is 0 Å². The number of alkyl carbamates (subject to hydrolysis) is 1. The average Bonchev–Trinajstić information content (AvgIpc) is 2.60. The van der Waals surface area contributed by atoms with Crippen LogP contribution in [-0.4, -0.2) is 23.7 Å². The lowest BCUT2D eigenvalue weighted by atomic mass is 10.1. The molecular formula is C18H15ClN2O4. The van der Waals surface area contributed by atoms with Crippen molar-refractivity contribution < 1.29 is 19.4 Å². The third kappa shape index (κ3) is 5.44. The number of nitrogens with two attached hydrogens (primary N) is 1. The third-order valence-corrected chi connectivity index (χ3v) is 3.35. The summed E-state index contributed by atoms with van der Waals surface area (Å²) in [4.78, 5) is 22.6. The molecule has 1 amide bonds. The largest absolute Gasteiger partial charge is 0.478 e. The first kappa shape index (κ1) is 18.2. The quantitative estimate of drug-likeness (QED) is 0.576. The zero-order valence-electron chi connectivity index (χ0n) is 13.1. The predicted molar refractivity (Wildman–Crippen MR) is 94.3 cm³/mol. The van der Waals surface area contributed by atoms with Gasteiger partial charge in [-0.2, -0.15) is 0 Å². The van der Waals surface area contributed by atoms with Crippen molar-refractivity contribution in [3.63, 3.8) is 0 Å². The van der Waals surface area contributed by atoms with E-state index in [1.54, 1.807) is 0 Å². The van der Waals surface area contributed by atoms with Crippen LogP contribution >= 0.6 is 11.6 Å². The predicted octanol–water partition coefficient (Wildman–Crippen LogP) is 2.90. The molecule has 0 atom stereocenters. The maximum Gasteiger partial charge on any atom is 0.408 e. The fourth-order valence-electron chi connectivity index (χ4n) is 1.93. The molecule has 0 unspecified atom stereocenters. The van der Waals surface area contributed by atoms with Crippen LogP contribution in [0.3, 0.4) is 0 Å². The molecule has 0 aliphatic carbocycles. The van der Waals surface area contributed by atoms with E-state index in [9.17, 15) is 9.59 Å². The fraction of sp³-hybridized carbons (Fsp3) is 0.111. The van der Waals surface area contributed by atoms with Crippen molar-refractivity contribution >= 4 is 29.4 Å². The summed E-state index contributed by atoms with van der Waals surface area (Å²) in [5.41, 5.74) is 6.81. The molecule has 128 valence electrons. The van der Waals surface area contributed by atoms with Gasteiger partial charge in [0.2, 0.25) is 0 Å². The van der Waals surface area contributed by atoms with Crippen LogP contribution in [0.15, 0.2) is 42.5 Å². The van der Waals surface area contributed by atoms with Crippen LogP contribution in [0.25, 0.3) is 0 Å². The average molecular weight is 359 g/mol. The molecule has 2 aromatic rings. The summed E-state index contributed by atoms with van der Waals surface area (Å²) in [5, 5.41) is 11.7. The van der Waals surface area contributed by atoms with Crippen molar-refractivity contribution in [1.29, 1.82) is 0 Å². The van der Waals surface area contributed by atoms with E-state index in [1.807, 2.05) is 30.3 Å². The van der Waals surface area contributed by atoms with Crippen molar-refractivity contribution in [1.82, 2.24) is 5.32 Å². The van der Waals surface area contributed by atoms with E-state index in [0.29, 0.717) is 0 Å². The Bertz CT molecular complexity index is 841. The van der Waals surface area contributed by atoms with Gasteiger partial charge in [-0.1, -0.05) is 53.8 Å². The minimum absolute atomic E-state index is 0.0159. The minimum atomic E-state index is -1.19. The van der Waals surface area contributed by atoms with Crippen molar-refractivity contribution in [3.05, 3.63) is 64.2 Å². The Labute approximate surface area is 149 Å². The second-order valence-electron chi connectivity index (χ2n) is 4.94. The lowest BCUT2D eigenvalue weighted by Crippen LogP contribution is -2.24. The van der Waals surface area contributed by atoms with Crippen molar-refractivity contribution in [2.45, 2.75) is 6.61 Å². The monoisotopic (exact) mass is 358 g/mol. The first-order valence-electron chi connectivity index (χ1n) is 7.23. The lowest BCUT2D eigenvalue weighted by Gasteiger charge is -2.05. The van der Waals surface area contributed by atoms with Crippen LogP contribution in [-0.2, 0) is 11.3 Å². The molecule has 2 rings (SSSR count). The molecule has 0 radical (unpaired) electrons. The number of amides is 1. The Kier molecular flexibility index (Phi) is 6.26. The molecule has 0 aliphatic heterocycles. The Morgan fingerprint density at radius 3 is 2.64 bits per heavy atom. The number of halogens is 1. The highest BCUT2D eigenvalue weighted by Gasteiger charge is 2.12. The third-order valence-electron chi connectivity index (χ3n) is 3.13. The van der Waals surface area contributed by atoms with Gasteiger partial charge >= 0.3 is 12.1 Å². The number of ether oxygens (including phenoxy) is 1. The molecular weight excluding hydrogens is 344 g/mol. The number of carboxylic acids is 1. The van der Waals surface area contributed by atoms with Gasteiger partial charge in [-0.25, -0.2) is 9.59 Å². The molecule has 6 nitrogen and oxygen atoms in total. The van der Waals surface area contributed by atoms with Gasteiger partial charge in [0, 0.05) is 10.6 Å². The van der Waals surface area contributed by atoms with E-state index in [1.165, 1.54) is 12.1 Å². The van der Waals surface area contributed by atoms with Gasteiger partial charge in [0.05, 0.1) is 17.8 Å². The van der Waals surface area contributed by atoms with E-state index < -0.39 is 12.1 Å². The first-order chi connectivity index (χ1) is 12.0. The van der Waals surface area contributed by atoms with E-state index in [2.05, 4.69) is 17.2 Å². The van der Waals surface area contributed by atoms with Crippen LogP contribution in [0, 0.1) is 11.8 Å². The number of carbonyl (C=O) groups is 2. The molecule has 0 saturated heterocycles. The number of hydrogen-bond donors (Lipinski definition) is 3. The van der Waals surface area contributed by atoms with Crippen LogP contribution in [0.5, 0.6) is 0 Å². The Hall–Kier alpha value is -3.17. The lowest BCUT2D eigenvalue weighted by molar-refractivity contribution is 0.0698. The molecule has 0 fully saturated rings. The SMILES string of the molecule is Nc1c(C#CCNC(=O)OCc2ccccc2)cc(Cl)cc1C(=O)O. The number of rotatable bonds is 4. The number of anilines is 1. The Morgan fingerprint density at radius 1 is 1.24 bits per heavy atom. The molecule has 0 aliphatic rings. The second kappa shape index (κ2) is 8.62. The first-order valence-corrected chi connectivity index (χ1v) is 7.61. The summed E-state index contributed by atoms with van der Waals surface area (Å²) in [5.74, 6) is 4.17. The molecule has 0 heterocycles. The van der Waals surface area contributed by atoms with Crippen LogP contribution in [0.4, 0.5) is 10.5 Å². The molecule has 25 heavy (non-hydrogen) atoms. The zero-order valence-corrected chi connectivity index (χ0v) is 13.8. The fourth-order valence-corrected chi connectivity index (χ4v) is 2.15. The second-order valence-corrected chi connectivity index (χ2v) is 5.37. The van der Waals surface area contributed by atoms with Gasteiger partial charge in [-0.05, 0) is 17.7 Å². The molecule has 7 heteroatoms. The van der Waals surface area contributed by atoms with E-state index in [-0.39, 0.29) is 35.0 Å². The number of benzene rings is 2. The van der Waals surface area contributed by atoms with Crippen LogP contribution in [0.2, 0.25) is 5.02 Å². The normalized spacial score (nSPS) is 9.64. The number of hydrogen-bond acceptors (Lipinski definition) is 4. The van der Waals surface area contributed by atoms with Crippen molar-refractivity contribution in [2.24, 2.45) is 0 Å². The van der Waals surface area contributed by atoms with E-state index in [4.69, 9.17) is 27.2 Å². The molecule has 0 bridgehead atoms. The van der Waals surface area contributed by atoms with Crippen molar-refractivity contribution in [2.75, 3.05) is 12.3 Å². The Morgan fingerprint density at radius 2 is 1.96 bits per heavy atom. The van der Waals surface area contributed by atoms with Crippen molar-refractivity contribution in [3.8, 4) is 11.8 Å². The zero-order chi connectivity index (χ0) is 18.2. The smallest absolute Gasteiger partial charge is 0.408 e. The standard InChI is InChI=1S/C18H15ClN2O4/c19-14-9-13(16(20)15(10-14)17(22)23)7-4-8-21-18(24)25-11-12-5-2-1-3-6-12/h1-3,5-6,9-10H,8,11,20H2,(H,21,24)(H,22,23). The van der Waals surface area contributed by atoms with Gasteiger partial charge < -0.3 is 20.9 Å². The van der Waals surface area contributed by atoms with E-state index >= 15 is 0 Å². The summed E-state index contributed by atoms with van der Waals surface area (Å²) in [6.07, 6.45) is -0.608. The molecule has 2 aromatic carbocycles. The van der Waals surface area contributed by atoms with Gasteiger partial charge in [-0.3, -0.25) is 0 Å². The highest BCUT2D eigenvalue weighted by molar-refractivity contribution is 6.31. The highest BCUT2D eigenvalue weighted by atomic mass is 35.5. The summed E-state index contributed by atoms with van der Waals surface area (Å²) in [7, 11) is 0. The summed E-state index contributed by atoms with van der Waals surface area (Å²) in [6.45, 7) is 0.172. The molecule has 4 N–H and O–H groups in total. The number of nitrogens with one attached hydrogen (secondary N) is 1. The number of nitrogen functional groups attached to an aromatic ring is 1. The summed E-state index contributed by atoms with van der Waals surface area (Å²) < 4.78 is 5.03. The van der Waals surface area contributed by atoms with Crippen LogP contribution in [0.1, 0.15) is 21.5 Å². The van der Waals surface area contributed by atoms with Crippen LogP contribution < -0.4 is 11.1 Å². The van der Waals surface area contributed by atoms with Gasteiger partial charge in [0.15, 0.2) is 0 Å². The minimum Gasteiger partial charge on any atom is -0.478 e. The maximum absolute atomic E-state index is 11.6. The van der Waals surface area contributed by atoms with E-state index in [0.717, 1.165) is 5.56 Å². The molecule has 0 saturated carbocycles. The molecule has 0 spiro atoms. The Balaban J connectivity index is 1.90. The molecule has 0 aromatic heterocycles. The van der Waals surface area contributed by atoms with Gasteiger partial charge in [0.1, 0.15) is 6.61 Å².